The lowest BCUT2D eigenvalue weighted by Gasteiger charge is -2.18. The van der Waals surface area contributed by atoms with Crippen LogP contribution in [0, 0.1) is 5.95 Å². The van der Waals surface area contributed by atoms with Crippen molar-refractivity contribution in [1.82, 2.24) is 14.9 Å². The Kier molecular flexibility index (Phi) is 4.63. The van der Waals surface area contributed by atoms with Crippen LogP contribution in [0.1, 0.15) is 13.8 Å². The topological polar surface area (TPSA) is 58.1 Å². The highest BCUT2D eigenvalue weighted by Crippen LogP contribution is 2.01. The van der Waals surface area contributed by atoms with E-state index in [0.29, 0.717) is 18.9 Å². The summed E-state index contributed by atoms with van der Waals surface area (Å²) < 4.78 is 12.7. The molecule has 0 saturated carbocycles. The van der Waals surface area contributed by atoms with Crippen molar-refractivity contribution < 1.29 is 9.18 Å². The maximum atomic E-state index is 12.7. The van der Waals surface area contributed by atoms with E-state index in [1.54, 1.807) is 4.90 Å². The molecule has 0 saturated heterocycles. The van der Waals surface area contributed by atoms with E-state index in [1.807, 2.05) is 13.8 Å². The first-order valence-corrected chi connectivity index (χ1v) is 5.16. The first kappa shape index (κ1) is 12.4. The lowest BCUT2D eigenvalue weighted by Crippen LogP contribution is -2.35. The van der Waals surface area contributed by atoms with Crippen molar-refractivity contribution in [1.29, 1.82) is 0 Å². The number of nitrogens with one attached hydrogen (secondary N) is 1. The number of hydrogen-bond acceptors (Lipinski definition) is 4. The third-order valence-electron chi connectivity index (χ3n) is 2.17. The molecule has 16 heavy (non-hydrogen) atoms. The van der Waals surface area contributed by atoms with E-state index in [0.717, 1.165) is 12.4 Å². The Morgan fingerprint density at radius 1 is 1.44 bits per heavy atom. The van der Waals surface area contributed by atoms with E-state index < -0.39 is 5.95 Å². The monoisotopic (exact) mass is 226 g/mol. The van der Waals surface area contributed by atoms with Gasteiger partial charge >= 0.3 is 0 Å². The molecule has 0 aromatic carbocycles. The molecule has 5 nitrogen and oxygen atoms in total. The molecule has 0 bridgehead atoms. The van der Waals surface area contributed by atoms with Crippen LogP contribution in [-0.4, -0.2) is 40.4 Å². The van der Waals surface area contributed by atoms with Gasteiger partial charge in [0.2, 0.25) is 11.9 Å². The van der Waals surface area contributed by atoms with Crippen LogP contribution in [0.5, 0.6) is 0 Å². The summed E-state index contributed by atoms with van der Waals surface area (Å²) in [5, 5.41) is 2.75. The minimum Gasteiger partial charge on any atom is -0.361 e. The predicted octanol–water partition coefficient (Wildman–Crippen LogP) is 0.896. The first-order chi connectivity index (χ1) is 7.67. The highest BCUT2D eigenvalue weighted by molar-refractivity contribution is 5.80. The van der Waals surface area contributed by atoms with E-state index >= 15 is 0 Å². The molecule has 1 rings (SSSR count). The number of carbonyl (C=O) groups is 1. The second-order valence-corrected chi connectivity index (χ2v) is 3.15. The number of anilines is 1. The molecule has 1 N–H and O–H groups in total. The molecule has 88 valence electrons. The fraction of sp³-hybridized carbons (Fsp3) is 0.500. The lowest BCUT2D eigenvalue weighted by molar-refractivity contribution is -0.128. The molecule has 0 aliphatic rings. The van der Waals surface area contributed by atoms with E-state index in [1.165, 1.54) is 0 Å². The van der Waals surface area contributed by atoms with Crippen LogP contribution in [0.4, 0.5) is 10.2 Å². The Morgan fingerprint density at radius 2 is 2.12 bits per heavy atom. The molecular weight excluding hydrogens is 211 g/mol. The summed E-state index contributed by atoms with van der Waals surface area (Å²) in [6.45, 7) is 5.25. The average molecular weight is 226 g/mol. The Labute approximate surface area is 93.7 Å². The fourth-order valence-electron chi connectivity index (χ4n) is 1.28. The van der Waals surface area contributed by atoms with Crippen LogP contribution in [0.3, 0.4) is 0 Å². The molecule has 1 aromatic heterocycles. The van der Waals surface area contributed by atoms with Gasteiger partial charge in [0.05, 0.1) is 6.54 Å². The summed E-state index contributed by atoms with van der Waals surface area (Å²) in [7, 11) is 0. The third kappa shape index (κ3) is 3.45. The molecule has 0 unspecified atom stereocenters. The summed E-state index contributed by atoms with van der Waals surface area (Å²) >= 11 is 0. The summed E-state index contributed by atoms with van der Waals surface area (Å²) in [6.07, 6.45) is 1.11. The van der Waals surface area contributed by atoms with Crippen molar-refractivity contribution in [2.75, 3.05) is 25.0 Å². The van der Waals surface area contributed by atoms with Crippen LogP contribution < -0.4 is 5.32 Å². The standard InChI is InChI=1S/C10H15FN4O/c1-3-15(4-2)10(16)6-12-9-5-8(11)13-7-14-9/h5,7H,3-4,6H2,1-2H3,(H,12,13,14). The highest BCUT2D eigenvalue weighted by atomic mass is 19.1. The first-order valence-electron chi connectivity index (χ1n) is 5.16. The van der Waals surface area contributed by atoms with E-state index in [2.05, 4.69) is 15.3 Å². The molecule has 1 aromatic rings. The van der Waals surface area contributed by atoms with E-state index in [4.69, 9.17) is 0 Å². The average Bonchev–Trinajstić information content (AvgIpc) is 2.28. The third-order valence-corrected chi connectivity index (χ3v) is 2.17. The molecular formula is C10H15FN4O. The number of carbonyl (C=O) groups excluding carboxylic acids is 1. The van der Waals surface area contributed by atoms with Crippen LogP contribution in [0.2, 0.25) is 0 Å². The fourth-order valence-corrected chi connectivity index (χ4v) is 1.28. The molecule has 0 radical (unpaired) electrons. The van der Waals surface area contributed by atoms with Gasteiger partial charge in [-0.15, -0.1) is 0 Å². The van der Waals surface area contributed by atoms with Crippen molar-refractivity contribution in [3.8, 4) is 0 Å². The zero-order chi connectivity index (χ0) is 12.0. The second kappa shape index (κ2) is 5.99. The van der Waals surface area contributed by atoms with Gasteiger partial charge < -0.3 is 10.2 Å². The van der Waals surface area contributed by atoms with E-state index in [-0.39, 0.29) is 12.5 Å². The number of amides is 1. The summed E-state index contributed by atoms with van der Waals surface area (Å²) in [4.78, 5) is 20.4. The maximum absolute atomic E-state index is 12.7. The normalized spacial score (nSPS) is 9.94. The van der Waals surface area contributed by atoms with Gasteiger partial charge in [-0.25, -0.2) is 9.97 Å². The number of hydrogen-bond donors (Lipinski definition) is 1. The van der Waals surface area contributed by atoms with Crippen LogP contribution in [0.25, 0.3) is 0 Å². The second-order valence-electron chi connectivity index (χ2n) is 3.15. The molecule has 0 fully saturated rings. The Hall–Kier alpha value is -1.72. The number of halogens is 1. The summed E-state index contributed by atoms with van der Waals surface area (Å²) in [6, 6.07) is 1.15. The number of rotatable bonds is 5. The summed E-state index contributed by atoms with van der Waals surface area (Å²) in [5.74, 6) is -0.343. The largest absolute Gasteiger partial charge is 0.361 e. The van der Waals surface area contributed by atoms with Crippen molar-refractivity contribution >= 4 is 11.7 Å². The van der Waals surface area contributed by atoms with Gasteiger partial charge in [-0.05, 0) is 13.8 Å². The number of nitrogens with zero attached hydrogens (tertiary/aromatic N) is 3. The van der Waals surface area contributed by atoms with Gasteiger partial charge in [-0.2, -0.15) is 4.39 Å². The molecule has 6 heteroatoms. The zero-order valence-electron chi connectivity index (χ0n) is 9.40. The molecule has 0 aliphatic heterocycles. The minimum atomic E-state index is -0.618. The molecule has 1 heterocycles. The SMILES string of the molecule is CCN(CC)C(=O)CNc1cc(F)ncn1. The van der Waals surface area contributed by atoms with Crippen LogP contribution in [-0.2, 0) is 4.79 Å². The highest BCUT2D eigenvalue weighted by Gasteiger charge is 2.09. The van der Waals surface area contributed by atoms with Gasteiger partial charge in [0, 0.05) is 19.2 Å². The Bertz CT molecular complexity index is 354. The minimum absolute atomic E-state index is 0.0379. The number of aromatic nitrogens is 2. The lowest BCUT2D eigenvalue weighted by atomic mass is 10.4. The van der Waals surface area contributed by atoms with Crippen LogP contribution >= 0.6 is 0 Å². The molecule has 0 atom stereocenters. The van der Waals surface area contributed by atoms with Gasteiger partial charge in [-0.1, -0.05) is 0 Å². The number of likely N-dealkylation sites (N-methyl/N-ethyl adjacent to an activating group) is 1. The Morgan fingerprint density at radius 3 is 2.69 bits per heavy atom. The van der Waals surface area contributed by atoms with Crippen LogP contribution in [0.15, 0.2) is 12.4 Å². The predicted molar refractivity (Wildman–Crippen MR) is 58.4 cm³/mol. The van der Waals surface area contributed by atoms with Crippen molar-refractivity contribution in [3.63, 3.8) is 0 Å². The van der Waals surface area contributed by atoms with Gasteiger partial charge in [0.15, 0.2) is 0 Å². The maximum Gasteiger partial charge on any atom is 0.241 e. The summed E-state index contributed by atoms with van der Waals surface area (Å²) in [5.41, 5.74) is 0. The van der Waals surface area contributed by atoms with Gasteiger partial charge in [0.25, 0.3) is 0 Å². The van der Waals surface area contributed by atoms with Crippen molar-refractivity contribution in [2.45, 2.75) is 13.8 Å². The molecule has 1 amide bonds. The quantitative estimate of drug-likeness (QED) is 0.758. The van der Waals surface area contributed by atoms with Gasteiger partial charge in [-0.3, -0.25) is 4.79 Å². The van der Waals surface area contributed by atoms with Gasteiger partial charge in [0.1, 0.15) is 12.1 Å². The Balaban J connectivity index is 2.48. The zero-order valence-corrected chi connectivity index (χ0v) is 9.40. The molecule has 0 aliphatic carbocycles. The smallest absolute Gasteiger partial charge is 0.241 e. The van der Waals surface area contributed by atoms with E-state index in [9.17, 15) is 9.18 Å². The molecule has 0 spiro atoms. The van der Waals surface area contributed by atoms with Crippen molar-refractivity contribution in [2.24, 2.45) is 0 Å². The van der Waals surface area contributed by atoms with Crippen molar-refractivity contribution in [3.05, 3.63) is 18.3 Å².